The van der Waals surface area contributed by atoms with Gasteiger partial charge in [0.1, 0.15) is 0 Å². The predicted molar refractivity (Wildman–Crippen MR) is 77.1 cm³/mol. The maximum Gasteiger partial charge on any atom is 0.231 e. The molecule has 0 saturated carbocycles. The van der Waals surface area contributed by atoms with Crippen LogP contribution in [0.5, 0.6) is 0 Å². The third-order valence-corrected chi connectivity index (χ3v) is 6.62. The van der Waals surface area contributed by atoms with E-state index in [2.05, 4.69) is 6.58 Å². The van der Waals surface area contributed by atoms with Crippen molar-refractivity contribution >= 4 is 9.04 Å². The first kappa shape index (κ1) is 15.9. The Balaban J connectivity index is 2.58. The summed E-state index contributed by atoms with van der Waals surface area (Å²) >= 11 is 0. The third-order valence-electron chi connectivity index (χ3n) is 3.72. The van der Waals surface area contributed by atoms with Gasteiger partial charge in [-0.1, -0.05) is 18.5 Å². The maximum absolute atomic E-state index is 8.84. The van der Waals surface area contributed by atoms with E-state index in [4.69, 9.17) is 14.3 Å². The van der Waals surface area contributed by atoms with Crippen molar-refractivity contribution in [2.24, 2.45) is 0 Å². The molecule has 18 heavy (non-hydrogen) atoms. The summed E-state index contributed by atoms with van der Waals surface area (Å²) in [5.74, 6) is 0. The van der Waals surface area contributed by atoms with Crippen LogP contribution in [0.1, 0.15) is 51.9 Å². The number of aliphatic hydroxyl groups excluding tert-OH is 1. The highest BCUT2D eigenvalue weighted by molar-refractivity contribution is 6.60. The fraction of sp³-hybridized carbons (Fsp3) is 0.857. The molecule has 0 bridgehead atoms. The lowest BCUT2D eigenvalue weighted by Crippen LogP contribution is -2.51. The van der Waals surface area contributed by atoms with Gasteiger partial charge in [0, 0.05) is 19.8 Å². The SMILES string of the molecule is C=C[SiH](OCC)C1(CCCCCO)CCCCO1. The van der Waals surface area contributed by atoms with Crippen LogP contribution in [0, 0.1) is 0 Å². The molecule has 3 nitrogen and oxygen atoms in total. The monoisotopic (exact) mass is 272 g/mol. The predicted octanol–water partition coefficient (Wildman–Crippen LogP) is 2.50. The van der Waals surface area contributed by atoms with E-state index >= 15 is 0 Å². The first-order valence-corrected chi connectivity index (χ1v) is 8.99. The van der Waals surface area contributed by atoms with E-state index in [0.29, 0.717) is 6.61 Å². The number of rotatable bonds is 9. The Morgan fingerprint density at radius 3 is 2.78 bits per heavy atom. The molecular weight excluding hydrogens is 244 g/mol. The van der Waals surface area contributed by atoms with E-state index in [9.17, 15) is 0 Å². The lowest BCUT2D eigenvalue weighted by Gasteiger charge is -2.41. The third kappa shape index (κ3) is 4.50. The Labute approximate surface area is 113 Å². The number of hydrogen-bond acceptors (Lipinski definition) is 3. The summed E-state index contributed by atoms with van der Waals surface area (Å²) in [6, 6.07) is 0. The van der Waals surface area contributed by atoms with Crippen LogP contribution in [0.4, 0.5) is 0 Å². The van der Waals surface area contributed by atoms with Gasteiger partial charge in [0.05, 0.1) is 5.22 Å². The molecular formula is C14H28O3Si. The molecule has 1 aliphatic heterocycles. The first-order chi connectivity index (χ1) is 8.79. The van der Waals surface area contributed by atoms with E-state index in [1.54, 1.807) is 0 Å². The lowest BCUT2D eigenvalue weighted by molar-refractivity contribution is -0.0392. The van der Waals surface area contributed by atoms with E-state index in [1.807, 2.05) is 12.6 Å². The summed E-state index contributed by atoms with van der Waals surface area (Å²) in [4.78, 5) is 0. The van der Waals surface area contributed by atoms with Gasteiger partial charge < -0.3 is 14.3 Å². The summed E-state index contributed by atoms with van der Waals surface area (Å²) in [7, 11) is -1.50. The standard InChI is InChI=1S/C14H28O3Si/c1-3-17-18(4-2)14(10-6-5-8-12-15)11-7-9-13-16-14/h4,15,18H,2-3,5-13H2,1H3. The van der Waals surface area contributed by atoms with Crippen molar-refractivity contribution in [3.05, 3.63) is 12.3 Å². The highest BCUT2D eigenvalue weighted by Crippen LogP contribution is 2.33. The number of ether oxygens (including phenoxy) is 1. The topological polar surface area (TPSA) is 38.7 Å². The second kappa shape index (κ2) is 8.86. The normalized spacial score (nSPS) is 25.9. The van der Waals surface area contributed by atoms with Gasteiger partial charge in [-0.2, -0.15) is 0 Å². The van der Waals surface area contributed by atoms with Crippen LogP contribution in [0.2, 0.25) is 0 Å². The van der Waals surface area contributed by atoms with Gasteiger partial charge in [-0.25, -0.2) is 0 Å². The molecule has 0 aromatic heterocycles. The average molecular weight is 272 g/mol. The minimum absolute atomic E-state index is 0.0362. The van der Waals surface area contributed by atoms with E-state index in [1.165, 1.54) is 12.8 Å². The quantitative estimate of drug-likeness (QED) is 0.518. The van der Waals surface area contributed by atoms with Crippen molar-refractivity contribution in [3.63, 3.8) is 0 Å². The Kier molecular flexibility index (Phi) is 7.82. The number of aliphatic hydroxyl groups is 1. The summed E-state index contributed by atoms with van der Waals surface area (Å²) in [5.41, 5.74) is 2.03. The Morgan fingerprint density at radius 2 is 2.22 bits per heavy atom. The Hall–Kier alpha value is -0.163. The zero-order chi connectivity index (χ0) is 13.3. The van der Waals surface area contributed by atoms with E-state index < -0.39 is 9.04 Å². The molecule has 0 aliphatic carbocycles. The van der Waals surface area contributed by atoms with Crippen LogP contribution in [0.3, 0.4) is 0 Å². The molecule has 1 rings (SSSR count). The smallest absolute Gasteiger partial charge is 0.231 e. The fourth-order valence-electron chi connectivity index (χ4n) is 2.76. The van der Waals surface area contributed by atoms with Gasteiger partial charge in [0.25, 0.3) is 0 Å². The van der Waals surface area contributed by atoms with E-state index in [-0.39, 0.29) is 5.22 Å². The van der Waals surface area contributed by atoms with Crippen LogP contribution in [-0.4, -0.2) is 39.2 Å². The van der Waals surface area contributed by atoms with Crippen LogP contribution in [0.25, 0.3) is 0 Å². The van der Waals surface area contributed by atoms with Crippen LogP contribution >= 0.6 is 0 Å². The molecule has 1 N–H and O–H groups in total. The van der Waals surface area contributed by atoms with Crippen molar-refractivity contribution in [1.29, 1.82) is 0 Å². The van der Waals surface area contributed by atoms with Crippen molar-refractivity contribution in [1.82, 2.24) is 0 Å². The van der Waals surface area contributed by atoms with Crippen LogP contribution in [0.15, 0.2) is 12.3 Å². The molecule has 1 saturated heterocycles. The zero-order valence-corrected chi connectivity index (χ0v) is 12.9. The minimum atomic E-state index is -1.50. The molecule has 1 fully saturated rings. The highest BCUT2D eigenvalue weighted by atomic mass is 28.3. The van der Waals surface area contributed by atoms with Gasteiger partial charge in [-0.15, -0.1) is 6.58 Å². The van der Waals surface area contributed by atoms with Crippen LogP contribution < -0.4 is 0 Å². The maximum atomic E-state index is 8.84. The van der Waals surface area contributed by atoms with Crippen molar-refractivity contribution < 1.29 is 14.3 Å². The Bertz CT molecular complexity index is 227. The molecule has 2 atom stereocenters. The van der Waals surface area contributed by atoms with Gasteiger partial charge in [0.15, 0.2) is 0 Å². The molecule has 0 aromatic carbocycles. The first-order valence-electron chi connectivity index (χ1n) is 7.28. The zero-order valence-electron chi connectivity index (χ0n) is 11.7. The fourth-order valence-corrected chi connectivity index (χ4v) is 5.25. The molecule has 1 aliphatic rings. The summed E-state index contributed by atoms with van der Waals surface area (Å²) in [5, 5.41) is 8.81. The Morgan fingerprint density at radius 1 is 1.39 bits per heavy atom. The van der Waals surface area contributed by atoms with Gasteiger partial charge in [0.2, 0.25) is 9.04 Å². The second-order valence-corrected chi connectivity index (χ2v) is 7.71. The largest absolute Gasteiger partial charge is 0.413 e. The summed E-state index contributed by atoms with van der Waals surface area (Å²) < 4.78 is 12.1. The van der Waals surface area contributed by atoms with Gasteiger partial charge in [-0.3, -0.25) is 0 Å². The molecule has 0 radical (unpaired) electrons. The number of unbranched alkanes of at least 4 members (excludes halogenated alkanes) is 2. The van der Waals surface area contributed by atoms with Crippen molar-refractivity contribution in [2.75, 3.05) is 19.8 Å². The molecule has 0 aromatic rings. The van der Waals surface area contributed by atoms with Gasteiger partial charge in [-0.05, 0) is 39.0 Å². The van der Waals surface area contributed by atoms with E-state index in [0.717, 1.165) is 45.3 Å². The summed E-state index contributed by atoms with van der Waals surface area (Å²) in [6.45, 7) is 7.92. The van der Waals surface area contributed by atoms with Crippen molar-refractivity contribution in [2.45, 2.75) is 57.1 Å². The highest BCUT2D eigenvalue weighted by Gasteiger charge is 2.41. The lowest BCUT2D eigenvalue weighted by atomic mass is 10.0. The van der Waals surface area contributed by atoms with Crippen LogP contribution in [-0.2, 0) is 9.16 Å². The molecule has 0 spiro atoms. The molecule has 1 heterocycles. The number of hydrogen-bond donors (Lipinski definition) is 1. The molecule has 2 unspecified atom stereocenters. The van der Waals surface area contributed by atoms with Crippen molar-refractivity contribution in [3.8, 4) is 0 Å². The summed E-state index contributed by atoms with van der Waals surface area (Å²) in [6.07, 6.45) is 7.68. The molecule has 106 valence electrons. The van der Waals surface area contributed by atoms with Gasteiger partial charge >= 0.3 is 0 Å². The average Bonchev–Trinajstić information content (AvgIpc) is 2.42. The molecule has 0 amide bonds. The minimum Gasteiger partial charge on any atom is -0.413 e. The molecule has 4 heteroatoms. The second-order valence-electron chi connectivity index (χ2n) is 5.02.